The molecule has 28 heavy (non-hydrogen) atoms. The van der Waals surface area contributed by atoms with Crippen molar-refractivity contribution in [3.8, 4) is 0 Å². The number of aliphatic hydroxyl groups is 8. The molecule has 2 fully saturated rings. The van der Waals surface area contributed by atoms with E-state index >= 15 is 0 Å². The highest BCUT2D eigenvalue weighted by Gasteiger charge is 2.71. The van der Waals surface area contributed by atoms with Crippen molar-refractivity contribution in [3.05, 3.63) is 20.9 Å². The fourth-order valence-corrected chi connectivity index (χ4v) is 3.13. The SMILES string of the molecule is [N-]=[N+]=NC[C@H]1O[C@](O)([C@]2(O)O[C@H](CN=[N+]=[N-])[C@@H](O)[C@H](O)[C@@H]2O)[C@@H](O)[C@@H](O)[C@@H]1O. The third-order valence-corrected chi connectivity index (χ3v) is 4.74. The average molecular weight is 408 g/mol. The lowest BCUT2D eigenvalue weighted by Crippen LogP contribution is -2.81. The maximum absolute atomic E-state index is 10.8. The van der Waals surface area contributed by atoms with Gasteiger partial charge in [-0.3, -0.25) is 0 Å². The number of hydrogen-bond acceptors (Lipinski definition) is 12. The van der Waals surface area contributed by atoms with Gasteiger partial charge < -0.3 is 50.3 Å². The van der Waals surface area contributed by atoms with E-state index in [0.717, 1.165) is 0 Å². The van der Waals surface area contributed by atoms with Gasteiger partial charge in [0.15, 0.2) is 0 Å². The standard InChI is InChI=1S/C12H20N6O10/c13-17-15-1-3-5(19)7(21)9(23)11(25,27-3)12(26)10(24)8(22)6(20)4(28-12)2-16-18-14/h3-10,19-26H,1-2H2/t3-,4-,5-,6-,7+,8+,9+,10+,11-,12+/m1/s1. The molecule has 2 rings (SSSR count). The molecule has 0 aromatic carbocycles. The highest BCUT2D eigenvalue weighted by atomic mass is 16.7. The van der Waals surface area contributed by atoms with Crippen molar-refractivity contribution >= 4 is 0 Å². The van der Waals surface area contributed by atoms with Gasteiger partial charge in [0.25, 0.3) is 11.6 Å². The number of aliphatic hydroxyl groups excluding tert-OH is 6. The topological polar surface area (TPSA) is 278 Å². The molecule has 2 heterocycles. The fraction of sp³-hybridized carbons (Fsp3) is 1.00. The highest BCUT2D eigenvalue weighted by Crippen LogP contribution is 2.43. The van der Waals surface area contributed by atoms with Gasteiger partial charge in [0.1, 0.15) is 36.6 Å². The van der Waals surface area contributed by atoms with Crippen LogP contribution in [0.5, 0.6) is 0 Å². The third-order valence-electron chi connectivity index (χ3n) is 4.74. The van der Waals surface area contributed by atoms with Gasteiger partial charge in [-0.1, -0.05) is 10.2 Å². The van der Waals surface area contributed by atoms with Crippen molar-refractivity contribution in [2.24, 2.45) is 10.2 Å². The second kappa shape index (κ2) is 8.30. The summed E-state index contributed by atoms with van der Waals surface area (Å²) in [4.78, 5) is 4.83. The van der Waals surface area contributed by atoms with Gasteiger partial charge in [-0.15, -0.1) is 0 Å². The third kappa shape index (κ3) is 3.48. The molecule has 0 spiro atoms. The zero-order valence-corrected chi connectivity index (χ0v) is 14.1. The molecule has 158 valence electrons. The van der Waals surface area contributed by atoms with Gasteiger partial charge in [0.05, 0.1) is 25.3 Å². The van der Waals surface area contributed by atoms with Crippen LogP contribution >= 0.6 is 0 Å². The van der Waals surface area contributed by atoms with Crippen molar-refractivity contribution < 1.29 is 50.3 Å². The molecule has 0 aromatic rings. The van der Waals surface area contributed by atoms with Crippen LogP contribution in [0.4, 0.5) is 0 Å². The second-order valence-corrected chi connectivity index (χ2v) is 6.38. The Hall–Kier alpha value is -1.78. The van der Waals surface area contributed by atoms with Gasteiger partial charge >= 0.3 is 0 Å². The molecule has 0 saturated carbocycles. The van der Waals surface area contributed by atoms with E-state index in [4.69, 9.17) is 20.5 Å². The first kappa shape index (κ1) is 22.5. The molecular weight excluding hydrogens is 388 g/mol. The Kier molecular flexibility index (Phi) is 6.67. The fourth-order valence-electron chi connectivity index (χ4n) is 3.13. The van der Waals surface area contributed by atoms with Crippen LogP contribution in [0, 0.1) is 0 Å². The number of rotatable bonds is 5. The molecule has 0 aromatic heterocycles. The zero-order valence-electron chi connectivity index (χ0n) is 14.1. The lowest BCUT2D eigenvalue weighted by Gasteiger charge is -2.56. The minimum atomic E-state index is -3.38. The molecule has 2 saturated heterocycles. The molecule has 0 unspecified atom stereocenters. The Morgan fingerprint density at radius 3 is 1.29 bits per heavy atom. The van der Waals surface area contributed by atoms with E-state index in [0.29, 0.717) is 0 Å². The summed E-state index contributed by atoms with van der Waals surface area (Å²) in [5.74, 6) is -6.76. The van der Waals surface area contributed by atoms with E-state index in [1.165, 1.54) is 0 Å². The van der Waals surface area contributed by atoms with Gasteiger partial charge in [0, 0.05) is 9.82 Å². The predicted octanol–water partition coefficient (Wildman–Crippen LogP) is -4.05. The summed E-state index contributed by atoms with van der Waals surface area (Å²) in [6, 6.07) is 0. The van der Waals surface area contributed by atoms with E-state index in [2.05, 4.69) is 20.1 Å². The van der Waals surface area contributed by atoms with Crippen molar-refractivity contribution in [1.82, 2.24) is 0 Å². The van der Waals surface area contributed by atoms with E-state index in [1.54, 1.807) is 0 Å². The Morgan fingerprint density at radius 2 is 1.00 bits per heavy atom. The van der Waals surface area contributed by atoms with Crippen LogP contribution < -0.4 is 0 Å². The lowest BCUT2D eigenvalue weighted by molar-refractivity contribution is -0.487. The first-order valence-corrected chi connectivity index (χ1v) is 7.95. The maximum Gasteiger partial charge on any atom is 0.253 e. The molecule has 2 aliphatic rings. The van der Waals surface area contributed by atoms with E-state index < -0.39 is 73.5 Å². The van der Waals surface area contributed by atoms with Crippen molar-refractivity contribution in [2.75, 3.05) is 13.1 Å². The molecule has 8 N–H and O–H groups in total. The van der Waals surface area contributed by atoms with Gasteiger partial charge in [0.2, 0.25) is 0 Å². The van der Waals surface area contributed by atoms with Crippen LogP contribution in [0.2, 0.25) is 0 Å². The van der Waals surface area contributed by atoms with Crippen LogP contribution in [0.15, 0.2) is 10.2 Å². The number of ether oxygens (including phenoxy) is 2. The molecule has 0 radical (unpaired) electrons. The summed E-state index contributed by atoms with van der Waals surface area (Å²) in [5, 5.41) is 88.0. The largest absolute Gasteiger partial charge is 0.388 e. The number of nitrogens with zero attached hydrogens (tertiary/aromatic N) is 6. The molecule has 0 aliphatic carbocycles. The van der Waals surface area contributed by atoms with Crippen LogP contribution in [-0.2, 0) is 9.47 Å². The normalized spacial score (nSPS) is 49.0. The minimum Gasteiger partial charge on any atom is -0.388 e. The molecular formula is C12H20N6O10. The molecule has 2 aliphatic heterocycles. The van der Waals surface area contributed by atoms with Crippen LogP contribution in [0.25, 0.3) is 20.9 Å². The summed E-state index contributed by atoms with van der Waals surface area (Å²) in [7, 11) is 0. The van der Waals surface area contributed by atoms with Crippen LogP contribution in [-0.4, -0.2) is 114 Å². The van der Waals surface area contributed by atoms with Gasteiger partial charge in [-0.05, 0) is 11.1 Å². The Bertz CT molecular complexity index is 617. The van der Waals surface area contributed by atoms with Gasteiger partial charge in [-0.25, -0.2) is 0 Å². The summed E-state index contributed by atoms with van der Waals surface area (Å²) < 4.78 is 10.0. The smallest absolute Gasteiger partial charge is 0.253 e. The quantitative estimate of drug-likeness (QED) is 0.124. The first-order chi connectivity index (χ1) is 13.0. The lowest BCUT2D eigenvalue weighted by atomic mass is 9.80. The summed E-state index contributed by atoms with van der Waals surface area (Å²) in [6.45, 7) is -1.33. The Morgan fingerprint density at radius 1 is 0.679 bits per heavy atom. The van der Waals surface area contributed by atoms with Crippen LogP contribution in [0.1, 0.15) is 0 Å². The molecule has 0 amide bonds. The average Bonchev–Trinajstić information content (AvgIpc) is 2.68. The number of hydrogen-bond donors (Lipinski definition) is 8. The maximum atomic E-state index is 10.8. The molecule has 0 bridgehead atoms. The zero-order chi connectivity index (χ0) is 21.3. The number of azide groups is 2. The molecule has 10 atom stereocenters. The van der Waals surface area contributed by atoms with Crippen molar-refractivity contribution in [1.29, 1.82) is 0 Å². The first-order valence-electron chi connectivity index (χ1n) is 7.95. The van der Waals surface area contributed by atoms with E-state index in [9.17, 15) is 40.9 Å². The monoisotopic (exact) mass is 408 g/mol. The summed E-state index contributed by atoms with van der Waals surface area (Å²) >= 11 is 0. The van der Waals surface area contributed by atoms with Crippen molar-refractivity contribution in [3.63, 3.8) is 0 Å². The predicted molar refractivity (Wildman–Crippen MR) is 83.7 cm³/mol. The molecule has 16 heteroatoms. The Balaban J connectivity index is 2.46. The van der Waals surface area contributed by atoms with Gasteiger partial charge in [-0.2, -0.15) is 0 Å². The second-order valence-electron chi connectivity index (χ2n) is 6.38. The minimum absolute atomic E-state index is 0.663. The van der Waals surface area contributed by atoms with Crippen LogP contribution in [0.3, 0.4) is 0 Å². The molecule has 16 nitrogen and oxygen atoms in total. The van der Waals surface area contributed by atoms with Crippen molar-refractivity contribution in [2.45, 2.75) is 60.4 Å². The highest BCUT2D eigenvalue weighted by molar-refractivity contribution is 5.10. The van der Waals surface area contributed by atoms with E-state index in [1.807, 2.05) is 0 Å². The summed E-state index contributed by atoms with van der Waals surface area (Å²) in [6.07, 6.45) is -16.4. The summed E-state index contributed by atoms with van der Waals surface area (Å²) in [5.41, 5.74) is 16.8. The van der Waals surface area contributed by atoms with E-state index in [-0.39, 0.29) is 0 Å². The Labute approximate surface area is 156 Å².